The van der Waals surface area contributed by atoms with Gasteiger partial charge < -0.3 is 5.73 Å². The minimum Gasteiger partial charge on any atom is -0.394 e. The average Bonchev–Trinajstić information content (AvgIpc) is 2.11. The van der Waals surface area contributed by atoms with E-state index in [1.165, 1.54) is 4.68 Å². The summed E-state index contributed by atoms with van der Waals surface area (Å²) in [6, 6.07) is 1.67. The molecular formula is C11H19N3O. The molecule has 0 bridgehead atoms. The topological polar surface area (TPSA) is 60.9 Å². The van der Waals surface area contributed by atoms with Gasteiger partial charge in [0.25, 0.3) is 5.56 Å². The van der Waals surface area contributed by atoms with Crippen LogP contribution in [0.3, 0.4) is 0 Å². The fourth-order valence-corrected chi connectivity index (χ4v) is 1.34. The van der Waals surface area contributed by atoms with Crippen molar-refractivity contribution >= 4 is 5.69 Å². The fraction of sp³-hybridized carbons (Fsp3) is 0.636. The molecule has 0 spiro atoms. The Bertz CT molecular complexity index is 393. The third kappa shape index (κ3) is 2.81. The summed E-state index contributed by atoms with van der Waals surface area (Å²) >= 11 is 0. The second-order valence-corrected chi connectivity index (χ2v) is 4.56. The SMILES string of the molecule is CC(C)Cn1nc(C(C)C)cc(N)c1=O. The van der Waals surface area contributed by atoms with Gasteiger partial charge in [0.1, 0.15) is 5.69 Å². The highest BCUT2D eigenvalue weighted by atomic mass is 16.1. The van der Waals surface area contributed by atoms with Crippen LogP contribution in [0.15, 0.2) is 10.9 Å². The summed E-state index contributed by atoms with van der Waals surface area (Å²) in [4.78, 5) is 11.7. The highest BCUT2D eigenvalue weighted by molar-refractivity contribution is 5.36. The van der Waals surface area contributed by atoms with Gasteiger partial charge in [0.05, 0.1) is 5.69 Å². The molecule has 2 N–H and O–H groups in total. The Labute approximate surface area is 90.1 Å². The molecule has 0 aliphatic rings. The third-order valence-corrected chi connectivity index (χ3v) is 2.15. The highest BCUT2D eigenvalue weighted by Crippen LogP contribution is 2.11. The Kier molecular flexibility index (Phi) is 3.50. The van der Waals surface area contributed by atoms with Gasteiger partial charge in [-0.3, -0.25) is 4.79 Å². The van der Waals surface area contributed by atoms with Crippen molar-refractivity contribution in [1.29, 1.82) is 0 Å². The molecule has 0 aliphatic carbocycles. The van der Waals surface area contributed by atoms with Crippen LogP contribution in [0.5, 0.6) is 0 Å². The third-order valence-electron chi connectivity index (χ3n) is 2.15. The lowest BCUT2D eigenvalue weighted by Crippen LogP contribution is -2.28. The van der Waals surface area contributed by atoms with E-state index in [-0.39, 0.29) is 17.2 Å². The molecule has 0 aliphatic heterocycles. The number of aromatic nitrogens is 2. The van der Waals surface area contributed by atoms with Gasteiger partial charge in [-0.15, -0.1) is 0 Å². The second-order valence-electron chi connectivity index (χ2n) is 4.56. The standard InChI is InChI=1S/C11H19N3O/c1-7(2)6-14-11(15)9(12)5-10(13-14)8(3)4/h5,7-8H,6,12H2,1-4H3. The molecule has 0 radical (unpaired) electrons. The molecule has 1 rings (SSSR count). The van der Waals surface area contributed by atoms with Crippen molar-refractivity contribution < 1.29 is 0 Å². The molecule has 1 aromatic rings. The van der Waals surface area contributed by atoms with Crippen molar-refractivity contribution in [3.63, 3.8) is 0 Å². The number of nitrogen functional groups attached to an aromatic ring is 1. The molecule has 1 heterocycles. The zero-order valence-electron chi connectivity index (χ0n) is 9.82. The maximum Gasteiger partial charge on any atom is 0.289 e. The molecule has 0 fully saturated rings. The molecule has 0 saturated carbocycles. The fourth-order valence-electron chi connectivity index (χ4n) is 1.34. The molecule has 4 nitrogen and oxygen atoms in total. The minimum absolute atomic E-state index is 0.187. The smallest absolute Gasteiger partial charge is 0.289 e. The first-order chi connectivity index (χ1) is 6.91. The molecule has 0 atom stereocenters. The monoisotopic (exact) mass is 209 g/mol. The molecular weight excluding hydrogens is 190 g/mol. The molecule has 4 heteroatoms. The van der Waals surface area contributed by atoms with Crippen molar-refractivity contribution in [2.75, 3.05) is 5.73 Å². The van der Waals surface area contributed by atoms with E-state index < -0.39 is 0 Å². The van der Waals surface area contributed by atoms with Crippen molar-refractivity contribution in [3.05, 3.63) is 22.1 Å². The van der Waals surface area contributed by atoms with Gasteiger partial charge in [0.15, 0.2) is 0 Å². The number of nitrogens with two attached hydrogens (primary N) is 1. The number of hydrogen-bond acceptors (Lipinski definition) is 3. The maximum atomic E-state index is 11.7. The summed E-state index contributed by atoms with van der Waals surface area (Å²) in [5, 5.41) is 4.30. The van der Waals surface area contributed by atoms with Gasteiger partial charge in [-0.1, -0.05) is 27.7 Å². The van der Waals surface area contributed by atoms with Crippen molar-refractivity contribution in [2.24, 2.45) is 5.92 Å². The molecule has 0 amide bonds. The van der Waals surface area contributed by atoms with Crippen LogP contribution in [0.1, 0.15) is 39.3 Å². The van der Waals surface area contributed by atoms with E-state index in [4.69, 9.17) is 5.73 Å². The Balaban J connectivity index is 3.19. The quantitative estimate of drug-likeness (QED) is 0.822. The normalized spacial score (nSPS) is 11.3. The number of nitrogens with zero attached hydrogens (tertiary/aromatic N) is 2. The van der Waals surface area contributed by atoms with Crippen LogP contribution in [-0.4, -0.2) is 9.78 Å². The number of rotatable bonds is 3. The van der Waals surface area contributed by atoms with E-state index in [9.17, 15) is 4.79 Å². The molecule has 84 valence electrons. The van der Waals surface area contributed by atoms with Crippen LogP contribution in [0.4, 0.5) is 5.69 Å². The van der Waals surface area contributed by atoms with E-state index in [1.807, 2.05) is 27.7 Å². The van der Waals surface area contributed by atoms with Crippen LogP contribution in [0, 0.1) is 5.92 Å². The predicted octanol–water partition coefficient (Wildman–Crippen LogP) is 1.60. The summed E-state index contributed by atoms with van der Waals surface area (Å²) < 4.78 is 1.47. The Morgan fingerprint density at radius 2 is 2.00 bits per heavy atom. The first-order valence-electron chi connectivity index (χ1n) is 5.29. The van der Waals surface area contributed by atoms with E-state index in [1.54, 1.807) is 6.07 Å². The summed E-state index contributed by atoms with van der Waals surface area (Å²) in [5.74, 6) is 0.670. The average molecular weight is 209 g/mol. The van der Waals surface area contributed by atoms with Gasteiger partial charge in [0.2, 0.25) is 0 Å². The number of anilines is 1. The number of hydrogen-bond donors (Lipinski definition) is 1. The minimum atomic E-state index is -0.187. The zero-order chi connectivity index (χ0) is 11.6. The summed E-state index contributed by atoms with van der Waals surface area (Å²) in [7, 11) is 0. The van der Waals surface area contributed by atoms with Gasteiger partial charge >= 0.3 is 0 Å². The Hall–Kier alpha value is -1.32. The van der Waals surface area contributed by atoms with Crippen LogP contribution < -0.4 is 11.3 Å². The van der Waals surface area contributed by atoms with E-state index in [2.05, 4.69) is 5.10 Å². The van der Waals surface area contributed by atoms with Gasteiger partial charge in [-0.05, 0) is 17.9 Å². The maximum absolute atomic E-state index is 11.7. The zero-order valence-corrected chi connectivity index (χ0v) is 9.82. The lowest BCUT2D eigenvalue weighted by Gasteiger charge is -2.12. The molecule has 0 saturated heterocycles. The first kappa shape index (κ1) is 11.8. The van der Waals surface area contributed by atoms with E-state index in [0.717, 1.165) is 5.69 Å². The van der Waals surface area contributed by atoms with Crippen molar-refractivity contribution in [3.8, 4) is 0 Å². The van der Waals surface area contributed by atoms with E-state index in [0.29, 0.717) is 12.5 Å². The van der Waals surface area contributed by atoms with Crippen molar-refractivity contribution in [1.82, 2.24) is 9.78 Å². The Morgan fingerprint density at radius 3 is 2.47 bits per heavy atom. The van der Waals surface area contributed by atoms with Gasteiger partial charge in [0, 0.05) is 6.54 Å². The van der Waals surface area contributed by atoms with Gasteiger partial charge in [-0.2, -0.15) is 5.10 Å². The lowest BCUT2D eigenvalue weighted by molar-refractivity contribution is 0.456. The van der Waals surface area contributed by atoms with E-state index >= 15 is 0 Å². The van der Waals surface area contributed by atoms with Crippen LogP contribution >= 0.6 is 0 Å². The summed E-state index contributed by atoms with van der Waals surface area (Å²) in [5.41, 5.74) is 6.63. The molecule has 0 aromatic carbocycles. The molecule has 15 heavy (non-hydrogen) atoms. The van der Waals surface area contributed by atoms with Gasteiger partial charge in [-0.25, -0.2) is 4.68 Å². The van der Waals surface area contributed by atoms with Crippen LogP contribution in [0.2, 0.25) is 0 Å². The second kappa shape index (κ2) is 4.47. The lowest BCUT2D eigenvalue weighted by atomic mass is 10.1. The van der Waals surface area contributed by atoms with Crippen LogP contribution in [-0.2, 0) is 6.54 Å². The molecule has 0 unspecified atom stereocenters. The Morgan fingerprint density at radius 1 is 1.40 bits per heavy atom. The predicted molar refractivity (Wildman–Crippen MR) is 61.8 cm³/mol. The molecule has 1 aromatic heterocycles. The first-order valence-corrected chi connectivity index (χ1v) is 5.29. The highest BCUT2D eigenvalue weighted by Gasteiger charge is 2.09. The summed E-state index contributed by atoms with van der Waals surface area (Å²) in [6.45, 7) is 8.78. The van der Waals surface area contributed by atoms with Crippen LogP contribution in [0.25, 0.3) is 0 Å². The van der Waals surface area contributed by atoms with Crippen molar-refractivity contribution in [2.45, 2.75) is 40.2 Å². The summed E-state index contributed by atoms with van der Waals surface area (Å²) in [6.07, 6.45) is 0. The largest absolute Gasteiger partial charge is 0.394 e.